The van der Waals surface area contributed by atoms with Crippen molar-refractivity contribution in [2.24, 2.45) is 0 Å². The fourth-order valence-corrected chi connectivity index (χ4v) is 0. The van der Waals surface area contributed by atoms with E-state index in [-0.39, 0.29) is 19.5 Å². The molecule has 0 fully saturated rings. The fraction of sp³-hybridized carbons (Fsp3) is 0.500. The van der Waals surface area contributed by atoms with Crippen molar-refractivity contribution in [3.63, 3.8) is 0 Å². The van der Waals surface area contributed by atoms with Crippen molar-refractivity contribution in [1.29, 1.82) is 0 Å². The van der Waals surface area contributed by atoms with Crippen molar-refractivity contribution in [2.45, 2.75) is 13.8 Å². The van der Waals surface area contributed by atoms with E-state index in [0.29, 0.717) is 0 Å². The Balaban J connectivity index is -0.0000000221. The van der Waals surface area contributed by atoms with Gasteiger partial charge in [0.25, 0.3) is 0 Å². The molecule has 0 saturated carbocycles. The Kier molecular flexibility index (Phi) is 95.6. The summed E-state index contributed by atoms with van der Waals surface area (Å²) in [5, 5.41) is 0. The third kappa shape index (κ3) is 922. The molecule has 0 aliphatic heterocycles. The van der Waals surface area contributed by atoms with Gasteiger partial charge in [-0.05, 0) is 0 Å². The van der Waals surface area contributed by atoms with Gasteiger partial charge < -0.3 is 13.8 Å². The van der Waals surface area contributed by atoms with Gasteiger partial charge >= 0.3 is 27.7 Å². The summed E-state index contributed by atoms with van der Waals surface area (Å²) in [5.41, 5.74) is 0. The Morgan fingerprint density at radius 3 is 1.11 bits per heavy atom. The molecule has 0 radical (unpaired) electrons. The van der Waals surface area contributed by atoms with Crippen LogP contribution in [-0.2, 0) is 24.0 Å². The summed E-state index contributed by atoms with van der Waals surface area (Å²) < 4.78 is 8.70. The second kappa shape index (κ2) is 38.0. The van der Waals surface area contributed by atoms with Crippen molar-refractivity contribution >= 4 is 8.25 Å². The SMILES string of the molecule is O=[P+](O)O.[CH2-]C.[CH2-]C.[Zn+2]. The summed E-state index contributed by atoms with van der Waals surface area (Å²) in [6.45, 7) is 10.0. The average molecular weight is 205 g/mol. The maximum atomic E-state index is 8.70. The quantitative estimate of drug-likeness (QED) is 0.355. The minimum absolute atomic E-state index is 0. The van der Waals surface area contributed by atoms with Gasteiger partial charge in [-0.25, -0.2) is 0 Å². The third-order valence-corrected chi connectivity index (χ3v) is 0. The van der Waals surface area contributed by atoms with E-state index in [0.717, 1.165) is 0 Å². The minimum Gasteiger partial charge on any atom is -0.346 e. The van der Waals surface area contributed by atoms with Crippen LogP contribution in [0.3, 0.4) is 0 Å². The van der Waals surface area contributed by atoms with Crippen LogP contribution in [0.5, 0.6) is 0 Å². The monoisotopic (exact) mass is 203 g/mol. The zero-order valence-corrected chi connectivity index (χ0v) is 9.73. The standard InChI is InChI=1S/2C2H5.HO3P.Zn/c2*1-2;1-4(2)3;/h2*1H2,2H3;(H-,1,2,3);/q2*-1;;+2/p+1. The number of hydrogen-bond acceptors (Lipinski definition) is 1. The number of rotatable bonds is 0. The van der Waals surface area contributed by atoms with Gasteiger partial charge in [0.1, 0.15) is 0 Å². The smallest absolute Gasteiger partial charge is 0.346 e. The zero-order valence-electron chi connectivity index (χ0n) is 5.87. The van der Waals surface area contributed by atoms with Gasteiger partial charge in [0.05, 0.1) is 0 Å². The van der Waals surface area contributed by atoms with Gasteiger partial charge in [-0.1, -0.05) is 0 Å². The first-order valence-corrected chi connectivity index (χ1v) is 3.16. The zero-order chi connectivity index (χ0) is 7.58. The van der Waals surface area contributed by atoms with Crippen molar-refractivity contribution < 1.29 is 33.8 Å². The van der Waals surface area contributed by atoms with E-state index in [2.05, 4.69) is 13.8 Å². The van der Waals surface area contributed by atoms with E-state index >= 15 is 0 Å². The second-order valence-electron chi connectivity index (χ2n) is 0.253. The molecule has 0 aromatic rings. The van der Waals surface area contributed by atoms with Crippen LogP contribution in [0.4, 0.5) is 0 Å². The molecule has 0 saturated heterocycles. The summed E-state index contributed by atoms with van der Waals surface area (Å²) in [4.78, 5) is 14.2. The topological polar surface area (TPSA) is 57.5 Å². The first-order chi connectivity index (χ1) is 3.73. The summed E-state index contributed by atoms with van der Waals surface area (Å²) in [6.07, 6.45) is 0. The van der Waals surface area contributed by atoms with Crippen molar-refractivity contribution in [1.82, 2.24) is 0 Å². The Morgan fingerprint density at radius 1 is 1.11 bits per heavy atom. The van der Waals surface area contributed by atoms with Crippen LogP contribution in [0.2, 0.25) is 0 Å². The fourth-order valence-electron chi connectivity index (χ4n) is 0. The van der Waals surface area contributed by atoms with E-state index in [4.69, 9.17) is 14.4 Å². The van der Waals surface area contributed by atoms with Gasteiger partial charge in [-0.3, -0.25) is 0 Å². The molecule has 0 amide bonds. The molecule has 0 atom stereocenters. The second-order valence-corrected chi connectivity index (χ2v) is 0.758. The van der Waals surface area contributed by atoms with Crippen molar-refractivity contribution in [3.05, 3.63) is 13.8 Å². The summed E-state index contributed by atoms with van der Waals surface area (Å²) in [7, 11) is -2.87. The van der Waals surface area contributed by atoms with E-state index in [9.17, 15) is 0 Å². The molecule has 0 aromatic carbocycles. The molecule has 5 heteroatoms. The average Bonchev–Trinajstić information content (AvgIpc) is 1.75. The van der Waals surface area contributed by atoms with E-state index in [1.807, 2.05) is 0 Å². The van der Waals surface area contributed by atoms with Gasteiger partial charge in [-0.2, -0.15) is 13.8 Å². The third-order valence-electron chi connectivity index (χ3n) is 0. The van der Waals surface area contributed by atoms with Crippen molar-refractivity contribution in [3.8, 4) is 0 Å². The molecule has 0 aromatic heterocycles. The molecular formula is C4H12O3PZn+. The molecular weight excluding hydrogens is 192 g/mol. The van der Waals surface area contributed by atoms with Gasteiger partial charge in [-0.15, -0.1) is 9.79 Å². The maximum absolute atomic E-state index is 8.70. The predicted molar refractivity (Wildman–Crippen MR) is 34.1 cm³/mol. The minimum atomic E-state index is -2.87. The van der Waals surface area contributed by atoms with Gasteiger partial charge in [0.15, 0.2) is 0 Å². The normalized spacial score (nSPS) is 4.22. The Hall–Kier alpha value is 0.643. The molecule has 52 valence electrons. The molecule has 0 heterocycles. The van der Waals surface area contributed by atoms with E-state index in [1.165, 1.54) is 0 Å². The molecule has 0 bridgehead atoms. The molecule has 0 unspecified atom stereocenters. The summed E-state index contributed by atoms with van der Waals surface area (Å²) in [5.74, 6) is 0. The Morgan fingerprint density at radius 2 is 1.11 bits per heavy atom. The van der Waals surface area contributed by atoms with Gasteiger partial charge in [0.2, 0.25) is 0 Å². The molecule has 0 rings (SSSR count). The van der Waals surface area contributed by atoms with Crippen LogP contribution in [0.25, 0.3) is 0 Å². The van der Waals surface area contributed by atoms with Crippen LogP contribution in [-0.4, -0.2) is 9.79 Å². The van der Waals surface area contributed by atoms with E-state index in [1.54, 1.807) is 13.8 Å². The Labute approximate surface area is 70.2 Å². The number of hydrogen-bond donors (Lipinski definition) is 2. The maximum Gasteiger partial charge on any atom is 2.00 e. The van der Waals surface area contributed by atoms with Crippen LogP contribution in [0.15, 0.2) is 0 Å². The first kappa shape index (κ1) is 22.6. The molecule has 0 spiro atoms. The van der Waals surface area contributed by atoms with Crippen LogP contribution >= 0.6 is 8.25 Å². The van der Waals surface area contributed by atoms with Crippen LogP contribution in [0, 0.1) is 13.8 Å². The van der Waals surface area contributed by atoms with Gasteiger partial charge in [0, 0.05) is 4.57 Å². The van der Waals surface area contributed by atoms with Crippen molar-refractivity contribution in [2.75, 3.05) is 0 Å². The van der Waals surface area contributed by atoms with Crippen LogP contribution in [0.1, 0.15) is 13.8 Å². The van der Waals surface area contributed by atoms with E-state index < -0.39 is 8.25 Å². The Bertz CT molecular complexity index is 38.8. The molecule has 2 N–H and O–H groups in total. The summed E-state index contributed by atoms with van der Waals surface area (Å²) in [6, 6.07) is 0. The molecule has 0 aliphatic carbocycles. The summed E-state index contributed by atoms with van der Waals surface area (Å²) >= 11 is 0. The molecule has 9 heavy (non-hydrogen) atoms. The van der Waals surface area contributed by atoms with Crippen LogP contribution < -0.4 is 0 Å². The molecule has 0 aliphatic rings. The molecule has 3 nitrogen and oxygen atoms in total. The largest absolute Gasteiger partial charge is 2.00 e. The predicted octanol–water partition coefficient (Wildman–Crippen LogP) is 1.31. The first-order valence-electron chi connectivity index (χ1n) is 2.00.